The van der Waals surface area contributed by atoms with Crippen LogP contribution < -0.4 is 5.32 Å². The van der Waals surface area contributed by atoms with Gasteiger partial charge >= 0.3 is 5.69 Å². The first-order valence-corrected chi connectivity index (χ1v) is 7.22. The van der Waals surface area contributed by atoms with Crippen LogP contribution in [0.15, 0.2) is 36.7 Å². The predicted octanol–water partition coefficient (Wildman–Crippen LogP) is 2.50. The summed E-state index contributed by atoms with van der Waals surface area (Å²) in [7, 11) is 0. The Hall–Kier alpha value is -3.98. The van der Waals surface area contributed by atoms with Crippen molar-refractivity contribution in [3.8, 4) is 23.5 Å². The lowest BCUT2D eigenvalue weighted by atomic mass is 10.2. The highest BCUT2D eigenvalue weighted by Crippen LogP contribution is 2.29. The first-order valence-electron chi connectivity index (χ1n) is 7.22. The number of hydrogen-bond acceptors (Lipinski definition) is 7. The highest BCUT2D eigenvalue weighted by molar-refractivity contribution is 5.72. The molecule has 0 saturated heterocycles. The lowest BCUT2D eigenvalue weighted by Gasteiger charge is -2.10. The molecule has 0 spiro atoms. The zero-order valence-corrected chi connectivity index (χ0v) is 13.0. The molecular formula is C16H11N7O2. The maximum atomic E-state index is 11.2. The minimum absolute atomic E-state index is 0.202. The van der Waals surface area contributed by atoms with Crippen molar-refractivity contribution in [2.75, 3.05) is 5.32 Å². The normalized spacial score (nSPS) is 11.5. The maximum Gasteiger partial charge on any atom is 0.310 e. The highest BCUT2D eigenvalue weighted by atomic mass is 16.6. The number of hydrogen-bond donors (Lipinski definition) is 1. The summed E-state index contributed by atoms with van der Waals surface area (Å²) in [6.07, 6.45) is 2.57. The molecule has 0 saturated carbocycles. The fraction of sp³-hybridized carbons (Fsp3) is 0.125. The molecule has 0 aliphatic rings. The van der Waals surface area contributed by atoms with Gasteiger partial charge < -0.3 is 5.32 Å². The summed E-state index contributed by atoms with van der Waals surface area (Å²) in [6.45, 7) is 1.60. The van der Waals surface area contributed by atoms with Crippen LogP contribution in [-0.4, -0.2) is 25.6 Å². The molecule has 9 nitrogen and oxygen atoms in total. The number of nitrogens with zero attached hydrogens (tertiary/aromatic N) is 6. The molecule has 3 aromatic heterocycles. The molecule has 0 amide bonds. The van der Waals surface area contributed by atoms with E-state index >= 15 is 0 Å². The van der Waals surface area contributed by atoms with Gasteiger partial charge in [0.05, 0.1) is 39.7 Å². The summed E-state index contributed by atoms with van der Waals surface area (Å²) < 4.78 is 1.59. The number of nitriles is 2. The monoisotopic (exact) mass is 333 g/mol. The maximum absolute atomic E-state index is 11.2. The number of aromatic nitrogens is 3. The Morgan fingerprint density at radius 2 is 2.12 bits per heavy atom. The molecular weight excluding hydrogens is 322 g/mol. The van der Waals surface area contributed by atoms with Crippen LogP contribution in [0.1, 0.15) is 12.5 Å². The predicted molar refractivity (Wildman–Crippen MR) is 88.5 cm³/mol. The van der Waals surface area contributed by atoms with Crippen LogP contribution in [0.3, 0.4) is 0 Å². The molecule has 0 aromatic carbocycles. The molecule has 1 atom stereocenters. The van der Waals surface area contributed by atoms with Gasteiger partial charge in [0.25, 0.3) is 0 Å². The Bertz CT molecular complexity index is 1060. The smallest absolute Gasteiger partial charge is 0.310 e. The van der Waals surface area contributed by atoms with E-state index in [1.807, 2.05) is 12.1 Å². The first-order chi connectivity index (χ1) is 12.0. The van der Waals surface area contributed by atoms with E-state index in [0.29, 0.717) is 22.5 Å². The van der Waals surface area contributed by atoms with Crippen LogP contribution in [0.4, 0.5) is 11.4 Å². The van der Waals surface area contributed by atoms with Crippen LogP contribution in [0.5, 0.6) is 0 Å². The second-order valence-electron chi connectivity index (χ2n) is 5.25. The van der Waals surface area contributed by atoms with Crippen LogP contribution in [0.25, 0.3) is 16.9 Å². The number of nitrogens with one attached hydrogen (secondary N) is 1. The quantitative estimate of drug-likeness (QED) is 0.572. The average molecular weight is 333 g/mol. The first kappa shape index (κ1) is 15.9. The molecule has 9 heteroatoms. The van der Waals surface area contributed by atoms with Gasteiger partial charge in [0, 0.05) is 0 Å². The third-order valence-corrected chi connectivity index (χ3v) is 3.54. The molecule has 3 aromatic rings. The SMILES string of the molecule is CC(C#N)Nc1cc(-c2ccc3cc(C#N)cnn23)ncc1[N+](=O)[O-]. The summed E-state index contributed by atoms with van der Waals surface area (Å²) in [6, 6.07) is 10.1. The molecule has 1 unspecified atom stereocenters. The minimum atomic E-state index is -0.602. The van der Waals surface area contributed by atoms with Gasteiger partial charge in [-0.2, -0.15) is 15.6 Å². The van der Waals surface area contributed by atoms with Crippen molar-refractivity contribution in [1.82, 2.24) is 14.6 Å². The molecule has 0 aliphatic heterocycles. The molecule has 3 heterocycles. The van der Waals surface area contributed by atoms with E-state index in [-0.39, 0.29) is 11.4 Å². The van der Waals surface area contributed by atoms with Crippen LogP contribution in [-0.2, 0) is 0 Å². The third kappa shape index (κ3) is 2.94. The van der Waals surface area contributed by atoms with E-state index in [1.165, 1.54) is 12.3 Å². The Morgan fingerprint density at radius 3 is 2.80 bits per heavy atom. The molecule has 0 bridgehead atoms. The second kappa shape index (κ2) is 6.26. The minimum Gasteiger partial charge on any atom is -0.364 e. The van der Waals surface area contributed by atoms with E-state index in [2.05, 4.69) is 15.4 Å². The number of pyridine rings is 1. The zero-order valence-electron chi connectivity index (χ0n) is 13.0. The van der Waals surface area contributed by atoms with E-state index in [9.17, 15) is 10.1 Å². The van der Waals surface area contributed by atoms with Crippen LogP contribution in [0, 0.1) is 32.8 Å². The Kier molecular flexibility index (Phi) is 3.98. The van der Waals surface area contributed by atoms with Crippen molar-refractivity contribution >= 4 is 16.9 Å². The lowest BCUT2D eigenvalue weighted by molar-refractivity contribution is -0.384. The van der Waals surface area contributed by atoms with Crippen molar-refractivity contribution in [1.29, 1.82) is 10.5 Å². The average Bonchev–Trinajstić information content (AvgIpc) is 3.04. The fourth-order valence-electron chi connectivity index (χ4n) is 2.37. The number of anilines is 1. The topological polar surface area (TPSA) is 133 Å². The molecule has 0 aliphatic carbocycles. The summed E-state index contributed by atoms with van der Waals surface area (Å²) in [5, 5.41) is 36.0. The van der Waals surface area contributed by atoms with Gasteiger partial charge in [0.15, 0.2) is 0 Å². The van der Waals surface area contributed by atoms with Gasteiger partial charge in [-0.1, -0.05) is 0 Å². The third-order valence-electron chi connectivity index (χ3n) is 3.54. The largest absolute Gasteiger partial charge is 0.364 e. The van der Waals surface area contributed by atoms with Crippen molar-refractivity contribution in [3.05, 3.63) is 52.3 Å². The van der Waals surface area contributed by atoms with Gasteiger partial charge in [-0.05, 0) is 31.2 Å². The van der Waals surface area contributed by atoms with E-state index < -0.39 is 11.0 Å². The standard InChI is InChI=1S/C16H11N7O2/c1-10(6-17)21-14-5-13(19-9-16(14)23(24)25)15-3-2-12-4-11(7-18)8-20-22(12)15/h2-5,8-10H,1H3,(H,19,21). The summed E-state index contributed by atoms with van der Waals surface area (Å²) in [4.78, 5) is 14.7. The summed E-state index contributed by atoms with van der Waals surface area (Å²) in [5.41, 5.74) is 2.18. The van der Waals surface area contributed by atoms with Gasteiger partial charge in [0.2, 0.25) is 0 Å². The van der Waals surface area contributed by atoms with Crippen molar-refractivity contribution in [2.24, 2.45) is 0 Å². The number of nitro groups is 1. The van der Waals surface area contributed by atoms with Crippen molar-refractivity contribution in [2.45, 2.75) is 13.0 Å². The number of rotatable bonds is 4. The molecule has 122 valence electrons. The van der Waals surface area contributed by atoms with E-state index in [4.69, 9.17) is 10.5 Å². The van der Waals surface area contributed by atoms with Gasteiger partial charge in [-0.3, -0.25) is 10.1 Å². The Balaban J connectivity index is 2.12. The van der Waals surface area contributed by atoms with Gasteiger partial charge in [-0.15, -0.1) is 0 Å². The molecule has 0 radical (unpaired) electrons. The zero-order chi connectivity index (χ0) is 18.0. The molecule has 0 fully saturated rings. The summed E-state index contributed by atoms with van der Waals surface area (Å²) in [5.74, 6) is 0. The highest BCUT2D eigenvalue weighted by Gasteiger charge is 2.19. The summed E-state index contributed by atoms with van der Waals surface area (Å²) >= 11 is 0. The van der Waals surface area contributed by atoms with Crippen LogP contribution >= 0.6 is 0 Å². The Labute approximate surface area is 141 Å². The van der Waals surface area contributed by atoms with E-state index in [0.717, 1.165) is 6.20 Å². The van der Waals surface area contributed by atoms with Gasteiger partial charge in [-0.25, -0.2) is 9.50 Å². The van der Waals surface area contributed by atoms with Crippen LogP contribution in [0.2, 0.25) is 0 Å². The Morgan fingerprint density at radius 1 is 1.32 bits per heavy atom. The molecule has 1 N–H and O–H groups in total. The second-order valence-corrected chi connectivity index (χ2v) is 5.25. The molecule has 3 rings (SSSR count). The van der Waals surface area contributed by atoms with Gasteiger partial charge in [0.1, 0.15) is 24.0 Å². The molecule has 25 heavy (non-hydrogen) atoms. The lowest BCUT2D eigenvalue weighted by Crippen LogP contribution is -2.13. The van der Waals surface area contributed by atoms with Crippen molar-refractivity contribution < 1.29 is 4.92 Å². The number of fused-ring (bicyclic) bond motifs is 1. The fourth-order valence-corrected chi connectivity index (χ4v) is 2.37. The van der Waals surface area contributed by atoms with E-state index in [1.54, 1.807) is 29.6 Å². The van der Waals surface area contributed by atoms with Crippen molar-refractivity contribution in [3.63, 3.8) is 0 Å².